The van der Waals surface area contributed by atoms with Crippen LogP contribution >= 0.6 is 11.8 Å². The van der Waals surface area contributed by atoms with Crippen molar-refractivity contribution >= 4 is 35.5 Å². The molecule has 0 aromatic carbocycles. The quantitative estimate of drug-likeness (QED) is 0.418. The zero-order chi connectivity index (χ0) is 20.5. The number of amides is 2. The molecule has 0 aliphatic carbocycles. The monoisotopic (exact) mass is 390 g/mol. The Kier molecular flexibility index (Phi) is 10.3. The maximum Gasteiger partial charge on any atom is 0.327 e. The number of aliphatic carboxylic acids is 2. The van der Waals surface area contributed by atoms with Gasteiger partial charge in [0.2, 0.25) is 11.8 Å². The summed E-state index contributed by atoms with van der Waals surface area (Å²) in [6.07, 6.45) is -0.301. The first-order chi connectivity index (χ1) is 11.8. The Morgan fingerprint density at radius 3 is 1.92 bits per heavy atom. The number of carbonyl (C=O) groups is 4. The second kappa shape index (κ2) is 11.1. The van der Waals surface area contributed by atoms with Crippen LogP contribution in [0.1, 0.15) is 47.5 Å². The molecule has 0 spiro atoms. The predicted molar refractivity (Wildman–Crippen MR) is 100.0 cm³/mol. The van der Waals surface area contributed by atoms with Gasteiger partial charge in [0.05, 0.1) is 0 Å². The molecule has 0 aliphatic heterocycles. The first-order valence-electron chi connectivity index (χ1n) is 8.46. The number of nitrogens with one attached hydrogen (secondary N) is 2. The largest absolute Gasteiger partial charge is 0.480 e. The minimum atomic E-state index is -1.23. The van der Waals surface area contributed by atoms with Gasteiger partial charge in [-0.15, -0.1) is 0 Å². The number of thioether (sulfide) groups is 1. The molecule has 8 nitrogen and oxygen atoms in total. The molecule has 0 radical (unpaired) electrons. The third-order valence-corrected chi connectivity index (χ3v) is 4.89. The van der Waals surface area contributed by atoms with Gasteiger partial charge in [-0.25, -0.2) is 9.59 Å². The topological polar surface area (TPSA) is 133 Å². The molecule has 4 N–H and O–H groups in total. The minimum Gasteiger partial charge on any atom is -0.480 e. The summed E-state index contributed by atoms with van der Waals surface area (Å²) in [5.41, 5.74) is 0.0427. The van der Waals surface area contributed by atoms with Crippen molar-refractivity contribution in [3.05, 3.63) is 0 Å². The standard InChI is InChI=1S/C17H30N2O6S/c1-10(2)14(21)19-11(15(22)23)6-7-13(20)18-12(16(24)25)8-26-9-17(3,4)5/h10-12H,6-9H2,1-5H3,(H,18,20)(H,19,21)(H,22,23)(H,24,25)/t11-,12-/m0/s1. The average molecular weight is 391 g/mol. The zero-order valence-electron chi connectivity index (χ0n) is 16.0. The molecule has 9 heteroatoms. The molecule has 2 amide bonds. The average Bonchev–Trinajstić information content (AvgIpc) is 2.48. The van der Waals surface area contributed by atoms with E-state index in [4.69, 9.17) is 5.11 Å². The first-order valence-corrected chi connectivity index (χ1v) is 9.62. The van der Waals surface area contributed by atoms with E-state index in [2.05, 4.69) is 10.6 Å². The SMILES string of the molecule is CC(C)C(=O)N[C@@H](CCC(=O)N[C@@H](CSCC(C)(C)C)C(=O)O)C(=O)O. The maximum atomic E-state index is 12.0. The highest BCUT2D eigenvalue weighted by Crippen LogP contribution is 2.20. The van der Waals surface area contributed by atoms with E-state index in [1.807, 2.05) is 20.8 Å². The van der Waals surface area contributed by atoms with E-state index in [0.717, 1.165) is 5.75 Å². The number of carboxylic acid groups (broad SMARTS) is 2. The van der Waals surface area contributed by atoms with Crippen LogP contribution in [0.15, 0.2) is 0 Å². The smallest absolute Gasteiger partial charge is 0.327 e. The van der Waals surface area contributed by atoms with Gasteiger partial charge in [-0.05, 0) is 17.6 Å². The Balaban J connectivity index is 4.54. The summed E-state index contributed by atoms with van der Waals surface area (Å²) < 4.78 is 0. The highest BCUT2D eigenvalue weighted by molar-refractivity contribution is 7.99. The van der Waals surface area contributed by atoms with E-state index in [1.54, 1.807) is 13.8 Å². The summed E-state index contributed by atoms with van der Waals surface area (Å²) >= 11 is 1.43. The minimum absolute atomic E-state index is 0.0427. The van der Waals surface area contributed by atoms with Crippen molar-refractivity contribution in [1.29, 1.82) is 0 Å². The third-order valence-electron chi connectivity index (χ3n) is 3.25. The van der Waals surface area contributed by atoms with Crippen molar-refractivity contribution in [2.24, 2.45) is 11.3 Å². The lowest BCUT2D eigenvalue weighted by Crippen LogP contribution is -2.45. The second-order valence-electron chi connectivity index (χ2n) is 7.63. The molecule has 0 bridgehead atoms. The summed E-state index contributed by atoms with van der Waals surface area (Å²) in [5, 5.41) is 23.1. The molecule has 0 aromatic heterocycles. The van der Waals surface area contributed by atoms with Gasteiger partial charge in [0, 0.05) is 18.1 Å². The molecule has 0 rings (SSSR count). The second-order valence-corrected chi connectivity index (χ2v) is 8.66. The van der Waals surface area contributed by atoms with Crippen LogP contribution in [-0.4, -0.2) is 57.6 Å². The molecule has 0 heterocycles. The van der Waals surface area contributed by atoms with Crippen LogP contribution in [-0.2, 0) is 19.2 Å². The fourth-order valence-corrected chi connectivity index (χ4v) is 2.99. The van der Waals surface area contributed by atoms with Gasteiger partial charge in [-0.3, -0.25) is 9.59 Å². The van der Waals surface area contributed by atoms with E-state index < -0.39 is 35.8 Å². The number of carboxylic acids is 2. The number of rotatable bonds is 11. The third kappa shape index (κ3) is 11.0. The van der Waals surface area contributed by atoms with Crippen LogP contribution in [0.25, 0.3) is 0 Å². The maximum absolute atomic E-state index is 12.0. The fourth-order valence-electron chi connectivity index (χ4n) is 1.80. The Hall–Kier alpha value is -1.77. The van der Waals surface area contributed by atoms with Crippen LogP contribution in [0.3, 0.4) is 0 Å². The zero-order valence-corrected chi connectivity index (χ0v) is 16.8. The summed E-state index contributed by atoms with van der Waals surface area (Å²) in [7, 11) is 0. The van der Waals surface area contributed by atoms with Crippen molar-refractivity contribution in [2.75, 3.05) is 11.5 Å². The van der Waals surface area contributed by atoms with Crippen molar-refractivity contribution < 1.29 is 29.4 Å². The number of carbonyl (C=O) groups excluding carboxylic acids is 2. The normalized spacial score (nSPS) is 13.8. The first kappa shape index (κ1) is 24.2. The molecule has 0 aliphatic rings. The van der Waals surface area contributed by atoms with Gasteiger partial charge in [0.25, 0.3) is 0 Å². The van der Waals surface area contributed by atoms with Gasteiger partial charge in [-0.2, -0.15) is 11.8 Å². The predicted octanol–water partition coefficient (Wildman–Crippen LogP) is 1.34. The van der Waals surface area contributed by atoms with E-state index in [-0.39, 0.29) is 29.9 Å². The summed E-state index contributed by atoms with van der Waals surface area (Å²) in [4.78, 5) is 46.1. The molecule has 0 fully saturated rings. The molecule has 0 saturated carbocycles. The Morgan fingerprint density at radius 1 is 0.962 bits per heavy atom. The van der Waals surface area contributed by atoms with Gasteiger partial charge < -0.3 is 20.8 Å². The van der Waals surface area contributed by atoms with Crippen LogP contribution < -0.4 is 10.6 Å². The lowest BCUT2D eigenvalue weighted by atomic mass is 10.0. The van der Waals surface area contributed by atoms with E-state index in [0.29, 0.717) is 0 Å². The van der Waals surface area contributed by atoms with E-state index in [9.17, 15) is 24.3 Å². The van der Waals surface area contributed by atoms with Gasteiger partial charge in [-0.1, -0.05) is 34.6 Å². The summed E-state index contributed by atoms with van der Waals surface area (Å²) in [5.74, 6) is -2.75. The molecule has 150 valence electrons. The van der Waals surface area contributed by atoms with Crippen LogP contribution in [0.4, 0.5) is 0 Å². The Labute approximate surface area is 158 Å². The lowest BCUT2D eigenvalue weighted by molar-refractivity contribution is -0.143. The van der Waals surface area contributed by atoms with Gasteiger partial charge in [0.15, 0.2) is 0 Å². The molecule has 0 unspecified atom stereocenters. The lowest BCUT2D eigenvalue weighted by Gasteiger charge is -2.20. The van der Waals surface area contributed by atoms with E-state index >= 15 is 0 Å². The van der Waals surface area contributed by atoms with Crippen molar-refractivity contribution in [3.8, 4) is 0 Å². The Morgan fingerprint density at radius 2 is 1.50 bits per heavy atom. The van der Waals surface area contributed by atoms with Crippen LogP contribution in [0.5, 0.6) is 0 Å². The number of hydrogen-bond donors (Lipinski definition) is 4. The van der Waals surface area contributed by atoms with Crippen molar-refractivity contribution in [3.63, 3.8) is 0 Å². The van der Waals surface area contributed by atoms with Crippen LogP contribution in [0.2, 0.25) is 0 Å². The number of hydrogen-bond acceptors (Lipinski definition) is 5. The van der Waals surface area contributed by atoms with Crippen molar-refractivity contribution in [1.82, 2.24) is 10.6 Å². The highest BCUT2D eigenvalue weighted by atomic mass is 32.2. The molecular weight excluding hydrogens is 360 g/mol. The molecule has 0 aromatic rings. The summed E-state index contributed by atoms with van der Waals surface area (Å²) in [6.45, 7) is 9.37. The molecule has 2 atom stereocenters. The van der Waals surface area contributed by atoms with Gasteiger partial charge >= 0.3 is 11.9 Å². The fraction of sp³-hybridized carbons (Fsp3) is 0.765. The molecule has 26 heavy (non-hydrogen) atoms. The summed E-state index contributed by atoms with van der Waals surface area (Å²) in [6, 6.07) is -2.22. The molecule has 0 saturated heterocycles. The highest BCUT2D eigenvalue weighted by Gasteiger charge is 2.25. The van der Waals surface area contributed by atoms with Crippen LogP contribution in [0, 0.1) is 11.3 Å². The Bertz CT molecular complexity index is 516. The van der Waals surface area contributed by atoms with Gasteiger partial charge in [0.1, 0.15) is 12.1 Å². The molecular formula is C17H30N2O6S. The van der Waals surface area contributed by atoms with E-state index in [1.165, 1.54) is 11.8 Å². The van der Waals surface area contributed by atoms with Crippen molar-refractivity contribution in [2.45, 2.75) is 59.5 Å².